The van der Waals surface area contributed by atoms with Crippen molar-refractivity contribution in [3.8, 4) is 57.4 Å². The molecule has 149 heavy (non-hydrogen) atoms. The topological polar surface area (TPSA) is 104 Å². The van der Waals surface area contributed by atoms with Gasteiger partial charge in [-0.2, -0.15) is 4.98 Å². The lowest BCUT2D eigenvalue weighted by Crippen LogP contribution is -2.06. The monoisotopic (exact) mass is 1950 g/mol. The van der Waals surface area contributed by atoms with Crippen LogP contribution in [0.1, 0.15) is 0 Å². The summed E-state index contributed by atoms with van der Waals surface area (Å²) in [6, 6.07) is 170. The first-order valence-corrected chi connectivity index (χ1v) is 52.7. The van der Waals surface area contributed by atoms with Gasteiger partial charge in [0.25, 0.3) is 0 Å². The smallest absolute Gasteiger partial charge is 0.237 e. The van der Waals surface area contributed by atoms with Crippen LogP contribution in [0.5, 0.6) is 0 Å². The van der Waals surface area contributed by atoms with Crippen molar-refractivity contribution in [2.75, 3.05) is 0 Å². The van der Waals surface area contributed by atoms with E-state index in [0.717, 1.165) is 110 Å². The van der Waals surface area contributed by atoms with Crippen LogP contribution in [0, 0.1) is 0 Å². The van der Waals surface area contributed by atoms with Crippen molar-refractivity contribution in [3.63, 3.8) is 0 Å². The highest BCUT2D eigenvalue weighted by atomic mass is 32.1. The number of benzene rings is 20. The largest absolute Gasteiger partial charge is 0.309 e. The Balaban J connectivity index is 0.000000101. The molecule has 34 rings (SSSR count). The zero-order valence-corrected chi connectivity index (χ0v) is 82.1. The van der Waals surface area contributed by atoms with Gasteiger partial charge in [-0.25, -0.2) is 15.0 Å². The van der Waals surface area contributed by atoms with Crippen LogP contribution in [0.15, 0.2) is 479 Å². The number of thiophene rings is 3. The minimum Gasteiger partial charge on any atom is -0.309 e. The van der Waals surface area contributed by atoms with E-state index in [-0.39, 0.29) is 0 Å². The average Bonchev–Trinajstić information content (AvgIpc) is 1.56. The Labute approximate surface area is 860 Å². The Morgan fingerprint density at radius 1 is 0.161 bits per heavy atom. The summed E-state index contributed by atoms with van der Waals surface area (Å²) in [7, 11) is 0. The molecular formula is C133H79N13S3. The van der Waals surface area contributed by atoms with Gasteiger partial charge >= 0.3 is 0 Å². The third-order valence-electron chi connectivity index (χ3n) is 30.5. The van der Waals surface area contributed by atoms with E-state index in [1.165, 1.54) is 171 Å². The molecule has 0 fully saturated rings. The lowest BCUT2D eigenvalue weighted by atomic mass is 10.1. The van der Waals surface area contributed by atoms with E-state index in [4.69, 9.17) is 24.9 Å². The highest BCUT2D eigenvalue weighted by molar-refractivity contribution is 7.27. The number of nitrogens with zero attached hydrogens (tertiary/aromatic N) is 13. The van der Waals surface area contributed by atoms with E-state index >= 15 is 0 Å². The first-order valence-electron chi connectivity index (χ1n) is 50.3. The molecule has 0 amide bonds. The Kier molecular flexibility index (Phi) is 18.2. The standard InChI is InChI=1S/C52H31N5S.C46H27N5S.C35H21N3S/c1-2-14-33(15-3-1)55-44-23-11-6-18-37(44)40-30-32(26-28-46(40)55)51-53-49-39-20-8-13-25-48(39)58-50(49)52(54-51)57-45-24-12-7-19-38(45)41-31-34(27-29-47(41)57)56-42-21-9-4-16-35(42)36-17-5-10-22-43(36)56;1-7-19-36-29(13-1)30-14-2-8-20-37(30)49(36)28-25-26-41-35(27-28)33-17-5-9-21-38(33)50(41)45-44-43(34-18-6-12-24-42(34)52-44)47-46(48-45)51-39-22-10-3-15-31(39)32-16-4-11-23-40(32)51;1-4-13-28-23(9-1)24-10-2-5-14-29(24)37(28)22-18-19-31-27(21-22)25-11-3-6-15-30(25)38(31)32-16-7-12-26-34-33(39-35(26)32)17-8-20-36-34/h1-31H;1-27H;1-21H. The summed E-state index contributed by atoms with van der Waals surface area (Å²) in [4.78, 5) is 26.6. The van der Waals surface area contributed by atoms with Gasteiger partial charge in [0.1, 0.15) is 0 Å². The predicted molar refractivity (Wildman–Crippen MR) is 627 cm³/mol. The van der Waals surface area contributed by atoms with Gasteiger partial charge in [-0.15, -0.1) is 34.0 Å². The van der Waals surface area contributed by atoms with Gasteiger partial charge in [0.05, 0.1) is 129 Å². The first kappa shape index (κ1) is 83.3. The molecule has 13 nitrogen and oxygen atoms in total. The summed E-state index contributed by atoms with van der Waals surface area (Å²) in [5.74, 6) is 3.15. The van der Waals surface area contributed by atoms with E-state index in [0.29, 0.717) is 11.8 Å². The summed E-state index contributed by atoms with van der Waals surface area (Å²) < 4.78 is 25.9. The molecule has 16 heteroatoms. The predicted octanol–water partition coefficient (Wildman–Crippen LogP) is 35.6. The van der Waals surface area contributed by atoms with Crippen molar-refractivity contribution < 1.29 is 0 Å². The van der Waals surface area contributed by atoms with E-state index in [1.54, 1.807) is 22.7 Å². The minimum atomic E-state index is 0.663. The molecule has 0 atom stereocenters. The van der Waals surface area contributed by atoms with Crippen molar-refractivity contribution in [3.05, 3.63) is 479 Å². The van der Waals surface area contributed by atoms with Crippen molar-refractivity contribution in [2.24, 2.45) is 0 Å². The second kappa shape index (κ2) is 32.6. The van der Waals surface area contributed by atoms with Gasteiger partial charge in [-0.1, -0.05) is 285 Å². The Morgan fingerprint density at radius 3 is 0.866 bits per heavy atom. The lowest BCUT2D eigenvalue weighted by Gasteiger charge is -2.13. The maximum Gasteiger partial charge on any atom is 0.237 e. The quantitative estimate of drug-likeness (QED) is 0.143. The summed E-state index contributed by atoms with van der Waals surface area (Å²) >= 11 is 5.35. The van der Waals surface area contributed by atoms with Gasteiger partial charge in [0, 0.05) is 146 Å². The second-order valence-electron chi connectivity index (χ2n) is 38.4. The minimum absolute atomic E-state index is 0.663. The third-order valence-corrected chi connectivity index (χ3v) is 34.0. The number of para-hydroxylation sites is 13. The molecule has 0 saturated heterocycles. The van der Waals surface area contributed by atoms with E-state index in [9.17, 15) is 0 Å². The van der Waals surface area contributed by atoms with Crippen LogP contribution in [-0.4, -0.2) is 61.5 Å². The molecule has 0 radical (unpaired) electrons. The molecule has 0 aliphatic heterocycles. The molecule has 14 aromatic heterocycles. The zero-order chi connectivity index (χ0) is 97.3. The normalized spacial score (nSPS) is 12.2. The number of fused-ring (bicyclic) bond motifs is 33. The highest BCUT2D eigenvalue weighted by Gasteiger charge is 2.29. The lowest BCUT2D eigenvalue weighted by molar-refractivity contribution is 0.976. The van der Waals surface area contributed by atoms with Gasteiger partial charge < -0.3 is 22.8 Å². The van der Waals surface area contributed by atoms with Crippen LogP contribution in [0.4, 0.5) is 0 Å². The van der Waals surface area contributed by atoms with Crippen LogP contribution in [0.25, 0.3) is 293 Å². The van der Waals surface area contributed by atoms with Gasteiger partial charge in [0.15, 0.2) is 17.5 Å². The van der Waals surface area contributed by atoms with Crippen LogP contribution in [0.2, 0.25) is 0 Å². The molecule has 34 aromatic rings. The van der Waals surface area contributed by atoms with E-state index < -0.39 is 0 Å². The van der Waals surface area contributed by atoms with Gasteiger partial charge in [0.2, 0.25) is 5.95 Å². The average molecular weight is 1960 g/mol. The number of pyridine rings is 1. The Hall–Kier alpha value is -19.2. The first-order chi connectivity index (χ1) is 74.0. The molecular weight excluding hydrogens is 1880 g/mol. The van der Waals surface area contributed by atoms with Crippen LogP contribution >= 0.6 is 34.0 Å². The van der Waals surface area contributed by atoms with E-state index in [2.05, 4.69) is 504 Å². The molecule has 0 aliphatic carbocycles. The summed E-state index contributed by atoms with van der Waals surface area (Å²) in [6.45, 7) is 0. The summed E-state index contributed by atoms with van der Waals surface area (Å²) in [5.41, 5.74) is 28.4. The maximum atomic E-state index is 5.57. The molecule has 0 saturated carbocycles. The highest BCUT2D eigenvalue weighted by Crippen LogP contribution is 2.49. The van der Waals surface area contributed by atoms with Crippen LogP contribution < -0.4 is 0 Å². The maximum absolute atomic E-state index is 5.57. The molecule has 0 unspecified atom stereocenters. The molecule has 0 bridgehead atoms. The zero-order valence-electron chi connectivity index (χ0n) is 79.6. The van der Waals surface area contributed by atoms with Crippen LogP contribution in [0.3, 0.4) is 0 Å². The van der Waals surface area contributed by atoms with Crippen LogP contribution in [-0.2, 0) is 0 Å². The van der Waals surface area contributed by atoms with Crippen molar-refractivity contribution >= 4 is 269 Å². The molecule has 694 valence electrons. The van der Waals surface area contributed by atoms with Crippen molar-refractivity contribution in [1.82, 2.24) is 61.5 Å². The number of rotatable bonds is 9. The van der Waals surface area contributed by atoms with Gasteiger partial charge in [-0.3, -0.25) is 18.7 Å². The molecule has 0 aliphatic rings. The molecule has 14 heterocycles. The number of aromatic nitrogens is 13. The summed E-state index contributed by atoms with van der Waals surface area (Å²) in [6.07, 6.45) is 1.89. The fraction of sp³-hybridized carbons (Fsp3) is 0. The Bertz CT molecular complexity index is 11500. The summed E-state index contributed by atoms with van der Waals surface area (Å²) in [5, 5.41) is 23.1. The Morgan fingerprint density at radius 2 is 0.450 bits per heavy atom. The second-order valence-corrected chi connectivity index (χ2v) is 41.6. The number of hydrogen-bond acceptors (Lipinski definition) is 8. The fourth-order valence-electron chi connectivity index (χ4n) is 24.2. The van der Waals surface area contributed by atoms with Crippen molar-refractivity contribution in [1.29, 1.82) is 0 Å². The van der Waals surface area contributed by atoms with Crippen molar-refractivity contribution in [2.45, 2.75) is 0 Å². The SMILES string of the molecule is c1ccc(-n2c3ccccc3c3cc(-c4nc(-n5c6ccccc6c6cc(-n7c8ccccc8c8ccccc87)ccc65)c5sc6ccccc6c5n4)ccc32)cc1.c1ccc2c(c1)sc1c(-n3c4ccccc4c4cc(-n5c6ccccc6c6ccccc65)ccc43)nc(-n3c4ccccc4c4ccccc43)nc12.c1cnc2c(c1)sc1c(-n3c4ccccc4c4cc(-n5c6ccccc6c6ccccc65)ccc43)cccc12. The third kappa shape index (κ3) is 12.4. The molecule has 20 aromatic carbocycles. The number of hydrogen-bond donors (Lipinski definition) is 0. The molecule has 0 N–H and O–H groups in total. The van der Waals surface area contributed by atoms with Gasteiger partial charge in [-0.05, 0) is 188 Å². The molecule has 0 spiro atoms. The van der Waals surface area contributed by atoms with E-state index in [1.807, 2.05) is 23.6 Å². The fourth-order valence-corrected chi connectivity index (χ4v) is 27.6.